The molecule has 1 saturated carbocycles. The smallest absolute Gasteiger partial charge is 0.289 e. The number of hydrogen-bond donors (Lipinski definition) is 4. The molecular formula is C26H38N4O7S. The molecule has 4 amide bonds. The van der Waals surface area contributed by atoms with E-state index < -0.39 is 63.1 Å². The van der Waals surface area contributed by atoms with Gasteiger partial charge < -0.3 is 21.3 Å². The number of benzene rings is 1. The van der Waals surface area contributed by atoms with Crippen LogP contribution < -0.4 is 21.3 Å². The van der Waals surface area contributed by atoms with Crippen LogP contribution in [-0.4, -0.2) is 74.0 Å². The topological polar surface area (TPSA) is 168 Å². The van der Waals surface area contributed by atoms with Crippen molar-refractivity contribution in [1.82, 2.24) is 21.3 Å². The molecule has 4 N–H and O–H groups in total. The van der Waals surface area contributed by atoms with Gasteiger partial charge in [-0.15, -0.1) is 0 Å². The van der Waals surface area contributed by atoms with E-state index in [2.05, 4.69) is 21.3 Å². The van der Waals surface area contributed by atoms with Crippen molar-refractivity contribution in [2.24, 2.45) is 5.92 Å². The Labute approximate surface area is 223 Å². The van der Waals surface area contributed by atoms with Crippen LogP contribution in [0.3, 0.4) is 0 Å². The van der Waals surface area contributed by atoms with Crippen molar-refractivity contribution in [2.75, 3.05) is 12.0 Å². The van der Waals surface area contributed by atoms with Gasteiger partial charge in [-0.05, 0) is 37.2 Å². The predicted octanol–water partition coefficient (Wildman–Crippen LogP) is 0.0319. The maximum Gasteiger partial charge on any atom is 0.289 e. The van der Waals surface area contributed by atoms with Gasteiger partial charge in [0.25, 0.3) is 5.91 Å². The Hall–Kier alpha value is -3.28. The maximum absolute atomic E-state index is 13.3. The van der Waals surface area contributed by atoms with Gasteiger partial charge in [-0.3, -0.25) is 24.0 Å². The molecule has 3 atom stereocenters. The normalized spacial score (nSPS) is 15.6. The Morgan fingerprint density at radius 3 is 2.00 bits per heavy atom. The number of hydrogen-bond acceptors (Lipinski definition) is 7. The molecule has 1 aromatic carbocycles. The number of Topliss-reactive ketones (excluding diaryl/α,β-unsaturated/α-hetero) is 1. The molecule has 0 radical (unpaired) electrons. The first-order valence-corrected chi connectivity index (χ1v) is 14.8. The van der Waals surface area contributed by atoms with Crippen LogP contribution in [0.2, 0.25) is 0 Å². The average molecular weight is 551 g/mol. The van der Waals surface area contributed by atoms with Crippen LogP contribution in [0, 0.1) is 5.92 Å². The van der Waals surface area contributed by atoms with Gasteiger partial charge in [0.1, 0.15) is 21.9 Å². The van der Waals surface area contributed by atoms with Crippen molar-refractivity contribution >= 4 is 39.2 Å². The molecule has 210 valence electrons. The third kappa shape index (κ3) is 11.4. The molecule has 0 saturated heterocycles. The highest BCUT2D eigenvalue weighted by atomic mass is 32.2. The van der Waals surface area contributed by atoms with Crippen molar-refractivity contribution in [3.8, 4) is 0 Å². The third-order valence-electron chi connectivity index (χ3n) is 5.86. The Morgan fingerprint density at radius 1 is 0.895 bits per heavy atom. The van der Waals surface area contributed by atoms with Gasteiger partial charge in [0.05, 0.1) is 11.8 Å². The van der Waals surface area contributed by atoms with Crippen LogP contribution in [0.25, 0.3) is 0 Å². The Morgan fingerprint density at radius 2 is 1.47 bits per heavy atom. The summed E-state index contributed by atoms with van der Waals surface area (Å²) in [4.78, 5) is 63.4. The molecule has 38 heavy (non-hydrogen) atoms. The minimum Gasteiger partial charge on any atom is -0.347 e. The van der Waals surface area contributed by atoms with Crippen molar-refractivity contribution in [3.63, 3.8) is 0 Å². The van der Waals surface area contributed by atoms with Crippen LogP contribution in [0.1, 0.15) is 52.0 Å². The summed E-state index contributed by atoms with van der Waals surface area (Å²) in [6, 6.07) is 5.54. The minimum absolute atomic E-state index is 0.0391. The minimum atomic E-state index is -3.48. The number of carbonyl (C=O) groups is 5. The molecule has 12 heteroatoms. The fourth-order valence-electron chi connectivity index (χ4n) is 3.80. The molecule has 0 unspecified atom stereocenters. The summed E-state index contributed by atoms with van der Waals surface area (Å²) in [7, 11) is -3.48. The summed E-state index contributed by atoms with van der Waals surface area (Å²) in [6.07, 6.45) is 2.61. The Bertz CT molecular complexity index is 1120. The van der Waals surface area contributed by atoms with Gasteiger partial charge >= 0.3 is 0 Å². The van der Waals surface area contributed by atoms with E-state index >= 15 is 0 Å². The number of nitrogens with one attached hydrogen (secondary N) is 4. The fraction of sp³-hybridized carbons (Fsp3) is 0.577. The number of ketones is 1. The molecule has 11 nitrogen and oxygen atoms in total. The van der Waals surface area contributed by atoms with Crippen LogP contribution in [0.4, 0.5) is 0 Å². The number of amides is 4. The van der Waals surface area contributed by atoms with E-state index in [0.717, 1.165) is 24.7 Å². The summed E-state index contributed by atoms with van der Waals surface area (Å²) < 4.78 is 23.4. The second kappa shape index (κ2) is 14.0. The molecule has 0 bridgehead atoms. The maximum atomic E-state index is 13.3. The zero-order valence-electron chi connectivity index (χ0n) is 22.3. The molecule has 0 aromatic heterocycles. The van der Waals surface area contributed by atoms with Crippen LogP contribution in [0.15, 0.2) is 30.3 Å². The second-order valence-corrected chi connectivity index (χ2v) is 12.5. The van der Waals surface area contributed by atoms with Gasteiger partial charge in [0.15, 0.2) is 0 Å². The molecule has 1 aliphatic carbocycles. The zero-order valence-corrected chi connectivity index (χ0v) is 23.1. The van der Waals surface area contributed by atoms with E-state index in [4.69, 9.17) is 0 Å². The number of carbonyl (C=O) groups excluding carboxylic acids is 5. The summed E-state index contributed by atoms with van der Waals surface area (Å²) in [5, 5.41) is 10.3. The highest BCUT2D eigenvalue weighted by molar-refractivity contribution is 7.90. The largest absolute Gasteiger partial charge is 0.347 e. The highest BCUT2D eigenvalue weighted by Crippen LogP contribution is 2.18. The monoisotopic (exact) mass is 550 g/mol. The van der Waals surface area contributed by atoms with E-state index in [0.29, 0.717) is 0 Å². The van der Waals surface area contributed by atoms with E-state index in [1.165, 1.54) is 6.92 Å². The summed E-state index contributed by atoms with van der Waals surface area (Å²) in [6.45, 7) is 4.97. The van der Waals surface area contributed by atoms with Crippen LogP contribution in [0.5, 0.6) is 0 Å². The Balaban J connectivity index is 2.19. The molecular weight excluding hydrogens is 512 g/mol. The van der Waals surface area contributed by atoms with Gasteiger partial charge in [0, 0.05) is 25.6 Å². The molecule has 0 spiro atoms. The van der Waals surface area contributed by atoms with Crippen molar-refractivity contribution in [3.05, 3.63) is 35.9 Å². The number of rotatable bonds is 15. The van der Waals surface area contributed by atoms with Gasteiger partial charge in [-0.25, -0.2) is 8.42 Å². The lowest BCUT2D eigenvalue weighted by molar-refractivity contribution is -0.140. The van der Waals surface area contributed by atoms with Crippen molar-refractivity contribution in [1.29, 1.82) is 0 Å². The SMILES string of the molecule is CC(=O)N[C@@H](Cc1ccccc1)C(=O)N[C@@H](CC(C)C)C(=O)N[C@@H](CCS(C)(=O)=O)C(=O)C(=O)NC1CC1. The molecule has 2 rings (SSSR count). The molecule has 0 heterocycles. The van der Waals surface area contributed by atoms with Crippen LogP contribution >= 0.6 is 0 Å². The van der Waals surface area contributed by atoms with E-state index in [1.807, 2.05) is 32.0 Å². The third-order valence-corrected chi connectivity index (χ3v) is 6.84. The summed E-state index contributed by atoms with van der Waals surface area (Å²) >= 11 is 0. The summed E-state index contributed by atoms with van der Waals surface area (Å²) in [5.74, 6) is -4.01. The standard InChI is InChI=1S/C26H38N4O7S/c1-16(2)14-21(30-25(34)22(27-17(3)31)15-18-8-6-5-7-9-18)24(33)29-20(12-13-38(4,36)37)23(32)26(35)28-19-10-11-19/h5-9,16,19-22H,10-15H2,1-4H3,(H,27,31)(H,28,35)(H,29,33)(H,30,34)/t20-,21-,22-/m0/s1. The molecule has 1 aromatic rings. The lowest BCUT2D eigenvalue weighted by atomic mass is 10.00. The number of sulfone groups is 1. The van der Waals surface area contributed by atoms with E-state index in [1.54, 1.807) is 12.1 Å². The Kier molecular flexibility index (Phi) is 11.4. The lowest BCUT2D eigenvalue weighted by Gasteiger charge is -2.26. The first-order valence-electron chi connectivity index (χ1n) is 12.7. The first kappa shape index (κ1) is 30.9. The quantitative estimate of drug-likeness (QED) is 0.224. The fourth-order valence-corrected chi connectivity index (χ4v) is 4.46. The molecule has 0 aliphatic heterocycles. The highest BCUT2D eigenvalue weighted by Gasteiger charge is 2.34. The van der Waals surface area contributed by atoms with Crippen molar-refractivity contribution < 1.29 is 32.4 Å². The first-order chi connectivity index (χ1) is 17.7. The summed E-state index contributed by atoms with van der Waals surface area (Å²) in [5.41, 5.74) is 0.805. The average Bonchev–Trinajstić information content (AvgIpc) is 3.63. The second-order valence-electron chi connectivity index (χ2n) is 10.2. The predicted molar refractivity (Wildman–Crippen MR) is 142 cm³/mol. The molecule has 1 fully saturated rings. The molecule has 1 aliphatic rings. The van der Waals surface area contributed by atoms with Crippen LogP contribution in [-0.2, 0) is 40.2 Å². The van der Waals surface area contributed by atoms with Gasteiger partial charge in [-0.2, -0.15) is 0 Å². The lowest BCUT2D eigenvalue weighted by Crippen LogP contribution is -2.57. The van der Waals surface area contributed by atoms with Crippen molar-refractivity contribution in [2.45, 2.75) is 77.0 Å². The van der Waals surface area contributed by atoms with E-state index in [-0.39, 0.29) is 31.2 Å². The zero-order chi connectivity index (χ0) is 28.5. The van der Waals surface area contributed by atoms with Gasteiger partial charge in [-0.1, -0.05) is 44.2 Å². The van der Waals surface area contributed by atoms with Gasteiger partial charge in [0.2, 0.25) is 23.5 Å². The van der Waals surface area contributed by atoms with E-state index in [9.17, 15) is 32.4 Å².